The summed E-state index contributed by atoms with van der Waals surface area (Å²) >= 11 is 5.70. The van der Waals surface area contributed by atoms with Crippen LogP contribution in [0, 0.1) is 6.92 Å². The van der Waals surface area contributed by atoms with Gasteiger partial charge in [0.2, 0.25) is 0 Å². The number of hydrogen-bond acceptors (Lipinski definition) is 5. The van der Waals surface area contributed by atoms with Crippen LogP contribution in [0.4, 0.5) is 0 Å². The largest absolute Gasteiger partial charge is 0.479 e. The molecule has 1 heterocycles. The first-order valence-corrected chi connectivity index (χ1v) is 4.14. The third kappa shape index (κ3) is 1.93. The number of ether oxygens (including phenoxy) is 2. The first-order valence-electron chi connectivity index (χ1n) is 3.76. The fourth-order valence-corrected chi connectivity index (χ4v) is 1.14. The highest BCUT2D eigenvalue weighted by molar-refractivity contribution is 6.30. The van der Waals surface area contributed by atoms with Gasteiger partial charge in [-0.05, 0) is 6.92 Å². The number of carbonyl (C=O) groups is 1. The fraction of sp³-hybridized carbons (Fsp3) is 0.375. The lowest BCUT2D eigenvalue weighted by Crippen LogP contribution is -2.09. The standard InChI is InChI=1S/C8H9ClN2O3/c1-4-5(8(12)14-3)11-7(13-2)6(9)10-4/h1-3H3. The minimum atomic E-state index is -0.565. The molecule has 1 rings (SSSR count). The second-order valence-corrected chi connectivity index (χ2v) is 2.81. The molecule has 5 nitrogen and oxygen atoms in total. The van der Waals surface area contributed by atoms with E-state index < -0.39 is 5.97 Å². The highest BCUT2D eigenvalue weighted by Crippen LogP contribution is 2.20. The van der Waals surface area contributed by atoms with Gasteiger partial charge in [-0.1, -0.05) is 11.6 Å². The predicted molar refractivity (Wildman–Crippen MR) is 49.7 cm³/mol. The van der Waals surface area contributed by atoms with E-state index in [2.05, 4.69) is 14.7 Å². The number of methoxy groups -OCH3 is 2. The van der Waals surface area contributed by atoms with Crippen molar-refractivity contribution in [3.63, 3.8) is 0 Å². The Balaban J connectivity index is 3.24. The molecule has 0 atom stereocenters. The molecule has 76 valence electrons. The molecule has 0 amide bonds. The normalized spacial score (nSPS) is 9.71. The van der Waals surface area contributed by atoms with Gasteiger partial charge in [-0.25, -0.2) is 14.8 Å². The predicted octanol–water partition coefficient (Wildman–Crippen LogP) is 1.23. The van der Waals surface area contributed by atoms with Crippen LogP contribution in [0.2, 0.25) is 5.15 Å². The van der Waals surface area contributed by atoms with Crippen molar-refractivity contribution in [2.75, 3.05) is 14.2 Å². The number of aryl methyl sites for hydroxylation is 1. The van der Waals surface area contributed by atoms with Crippen LogP contribution in [0.3, 0.4) is 0 Å². The smallest absolute Gasteiger partial charge is 0.358 e. The van der Waals surface area contributed by atoms with Crippen LogP contribution in [-0.2, 0) is 4.74 Å². The van der Waals surface area contributed by atoms with Crippen molar-refractivity contribution in [3.8, 4) is 5.88 Å². The van der Waals surface area contributed by atoms with Gasteiger partial charge in [0.15, 0.2) is 10.8 Å². The number of hydrogen-bond donors (Lipinski definition) is 0. The Bertz CT molecular complexity index is 368. The van der Waals surface area contributed by atoms with Crippen molar-refractivity contribution in [1.82, 2.24) is 9.97 Å². The highest BCUT2D eigenvalue weighted by Gasteiger charge is 2.16. The Labute approximate surface area is 86.0 Å². The number of esters is 1. The summed E-state index contributed by atoms with van der Waals surface area (Å²) in [5, 5.41) is 0.123. The molecule has 0 aliphatic rings. The Hall–Kier alpha value is -1.36. The average molecular weight is 217 g/mol. The maximum Gasteiger partial charge on any atom is 0.358 e. The quantitative estimate of drug-likeness (QED) is 0.696. The molecule has 0 radical (unpaired) electrons. The second kappa shape index (κ2) is 4.23. The number of carbonyl (C=O) groups excluding carboxylic acids is 1. The van der Waals surface area contributed by atoms with Gasteiger partial charge in [0.1, 0.15) is 0 Å². The van der Waals surface area contributed by atoms with Crippen molar-refractivity contribution in [1.29, 1.82) is 0 Å². The molecule has 0 saturated carbocycles. The number of halogens is 1. The first-order chi connectivity index (χ1) is 6.60. The van der Waals surface area contributed by atoms with E-state index in [1.807, 2.05) is 0 Å². The summed E-state index contributed by atoms with van der Waals surface area (Å²) < 4.78 is 9.34. The summed E-state index contributed by atoms with van der Waals surface area (Å²) in [5.74, 6) is -0.456. The van der Waals surface area contributed by atoms with Crippen molar-refractivity contribution in [3.05, 3.63) is 16.5 Å². The Morgan fingerprint density at radius 1 is 1.36 bits per heavy atom. The molecule has 0 aliphatic heterocycles. The molecule has 0 N–H and O–H groups in total. The van der Waals surface area contributed by atoms with E-state index in [0.29, 0.717) is 5.69 Å². The summed E-state index contributed by atoms with van der Waals surface area (Å²) in [7, 11) is 2.66. The minimum Gasteiger partial charge on any atom is -0.479 e. The Morgan fingerprint density at radius 3 is 2.50 bits per heavy atom. The SMILES string of the molecule is COC(=O)c1nc(OC)c(Cl)nc1C. The summed E-state index contributed by atoms with van der Waals surface area (Å²) in [5.41, 5.74) is 0.511. The van der Waals surface area contributed by atoms with Gasteiger partial charge in [0.25, 0.3) is 5.88 Å². The maximum atomic E-state index is 11.2. The molecule has 1 aromatic heterocycles. The van der Waals surface area contributed by atoms with E-state index in [4.69, 9.17) is 16.3 Å². The summed E-state index contributed by atoms with van der Waals surface area (Å²) in [4.78, 5) is 19.0. The monoisotopic (exact) mass is 216 g/mol. The lowest BCUT2D eigenvalue weighted by atomic mass is 10.3. The zero-order chi connectivity index (χ0) is 10.7. The zero-order valence-corrected chi connectivity index (χ0v) is 8.75. The first kappa shape index (κ1) is 10.7. The van der Waals surface area contributed by atoms with Crippen LogP contribution in [0.5, 0.6) is 5.88 Å². The molecule has 0 unspecified atom stereocenters. The second-order valence-electron chi connectivity index (χ2n) is 2.45. The van der Waals surface area contributed by atoms with E-state index >= 15 is 0 Å². The third-order valence-corrected chi connectivity index (χ3v) is 1.82. The van der Waals surface area contributed by atoms with Gasteiger partial charge in [-0.15, -0.1) is 0 Å². The summed E-state index contributed by atoms with van der Waals surface area (Å²) in [6, 6.07) is 0. The van der Waals surface area contributed by atoms with Crippen LogP contribution in [0.15, 0.2) is 0 Å². The molecule has 0 aromatic carbocycles. The molecule has 0 bridgehead atoms. The molecule has 14 heavy (non-hydrogen) atoms. The van der Waals surface area contributed by atoms with Gasteiger partial charge in [0.05, 0.1) is 19.9 Å². The summed E-state index contributed by atoms with van der Waals surface area (Å²) in [6.07, 6.45) is 0. The van der Waals surface area contributed by atoms with Crippen molar-refractivity contribution in [2.24, 2.45) is 0 Å². The van der Waals surface area contributed by atoms with Gasteiger partial charge < -0.3 is 9.47 Å². The molecule has 6 heteroatoms. The Morgan fingerprint density at radius 2 is 2.00 bits per heavy atom. The minimum absolute atomic E-state index is 0.105. The van der Waals surface area contributed by atoms with Gasteiger partial charge >= 0.3 is 5.97 Å². The third-order valence-electron chi connectivity index (χ3n) is 1.57. The maximum absolute atomic E-state index is 11.2. The molecular weight excluding hydrogens is 208 g/mol. The Kier molecular flexibility index (Phi) is 3.24. The number of aromatic nitrogens is 2. The van der Waals surface area contributed by atoms with Crippen LogP contribution in [0.25, 0.3) is 0 Å². The van der Waals surface area contributed by atoms with E-state index in [0.717, 1.165) is 0 Å². The van der Waals surface area contributed by atoms with Crippen LogP contribution < -0.4 is 4.74 Å². The molecular formula is C8H9ClN2O3. The van der Waals surface area contributed by atoms with Crippen molar-refractivity contribution in [2.45, 2.75) is 6.92 Å². The zero-order valence-electron chi connectivity index (χ0n) is 8.00. The van der Waals surface area contributed by atoms with Gasteiger partial charge in [0, 0.05) is 0 Å². The van der Waals surface area contributed by atoms with E-state index in [-0.39, 0.29) is 16.7 Å². The number of nitrogens with zero attached hydrogens (tertiary/aromatic N) is 2. The van der Waals surface area contributed by atoms with E-state index in [1.165, 1.54) is 14.2 Å². The highest BCUT2D eigenvalue weighted by atomic mass is 35.5. The molecule has 0 aliphatic carbocycles. The topological polar surface area (TPSA) is 61.3 Å². The van der Waals surface area contributed by atoms with E-state index in [9.17, 15) is 4.79 Å². The molecule has 0 saturated heterocycles. The molecule has 0 spiro atoms. The lowest BCUT2D eigenvalue weighted by molar-refractivity contribution is 0.0591. The van der Waals surface area contributed by atoms with Crippen molar-refractivity contribution >= 4 is 17.6 Å². The lowest BCUT2D eigenvalue weighted by Gasteiger charge is -2.05. The molecule has 0 fully saturated rings. The fourth-order valence-electron chi connectivity index (χ4n) is 0.896. The summed E-state index contributed by atoms with van der Waals surface area (Å²) in [6.45, 7) is 1.62. The average Bonchev–Trinajstić information content (AvgIpc) is 2.17. The number of rotatable bonds is 2. The van der Waals surface area contributed by atoms with Crippen LogP contribution in [0.1, 0.15) is 16.2 Å². The van der Waals surface area contributed by atoms with Gasteiger partial charge in [-0.3, -0.25) is 0 Å². The van der Waals surface area contributed by atoms with E-state index in [1.54, 1.807) is 6.92 Å². The molecule has 1 aromatic rings. The van der Waals surface area contributed by atoms with Gasteiger partial charge in [-0.2, -0.15) is 0 Å². The van der Waals surface area contributed by atoms with Crippen LogP contribution in [-0.4, -0.2) is 30.2 Å². The van der Waals surface area contributed by atoms with Crippen molar-refractivity contribution < 1.29 is 14.3 Å². The van der Waals surface area contributed by atoms with Crippen LogP contribution >= 0.6 is 11.6 Å².